The largest absolute Gasteiger partial charge is 0.496 e. The van der Waals surface area contributed by atoms with E-state index in [-0.39, 0.29) is 17.6 Å². The second kappa shape index (κ2) is 10.7. The first-order chi connectivity index (χ1) is 15.3. The molecule has 0 heterocycles. The van der Waals surface area contributed by atoms with Gasteiger partial charge in [0.15, 0.2) is 0 Å². The van der Waals surface area contributed by atoms with Crippen LogP contribution in [-0.2, 0) is 14.8 Å². The monoisotopic (exact) mass is 496 g/mol. The van der Waals surface area contributed by atoms with Crippen molar-refractivity contribution in [2.45, 2.75) is 52.6 Å². The Labute approximate surface area is 202 Å². The molecule has 2 aromatic rings. The lowest BCUT2D eigenvalue weighted by Crippen LogP contribution is -2.48. The molecule has 2 atom stereocenters. The van der Waals surface area contributed by atoms with E-state index in [9.17, 15) is 13.2 Å². The molecular formula is C24H33ClN2O5S. The molecule has 1 N–H and O–H groups in total. The molecule has 0 spiro atoms. The number of anilines is 1. The summed E-state index contributed by atoms with van der Waals surface area (Å²) in [5, 5.41) is 3.28. The molecule has 0 saturated carbocycles. The van der Waals surface area contributed by atoms with Gasteiger partial charge in [-0.3, -0.25) is 9.10 Å². The Hall–Kier alpha value is -2.45. The third-order valence-corrected chi connectivity index (χ3v) is 7.00. The molecule has 7 nitrogen and oxygen atoms in total. The van der Waals surface area contributed by atoms with Crippen molar-refractivity contribution in [1.29, 1.82) is 0 Å². The number of ether oxygens (including phenoxy) is 2. The summed E-state index contributed by atoms with van der Waals surface area (Å²) < 4.78 is 37.2. The molecule has 0 aromatic heterocycles. The van der Waals surface area contributed by atoms with Gasteiger partial charge in [-0.15, -0.1) is 0 Å². The maximum atomic E-state index is 13.2. The van der Waals surface area contributed by atoms with E-state index in [0.29, 0.717) is 10.8 Å². The van der Waals surface area contributed by atoms with E-state index in [1.54, 1.807) is 19.2 Å². The Morgan fingerprint density at radius 1 is 1.00 bits per heavy atom. The van der Waals surface area contributed by atoms with Crippen LogP contribution in [0.3, 0.4) is 0 Å². The van der Waals surface area contributed by atoms with Crippen LogP contribution in [0, 0.1) is 6.92 Å². The number of sulfonamides is 1. The number of benzene rings is 2. The number of hydrogen-bond donors (Lipinski definition) is 1. The highest BCUT2D eigenvalue weighted by Crippen LogP contribution is 2.35. The molecule has 1 amide bonds. The van der Waals surface area contributed by atoms with Gasteiger partial charge in [0.1, 0.15) is 17.5 Å². The minimum absolute atomic E-state index is 0.200. The molecular weight excluding hydrogens is 464 g/mol. The molecule has 0 radical (unpaired) electrons. The zero-order valence-electron chi connectivity index (χ0n) is 20.4. The summed E-state index contributed by atoms with van der Waals surface area (Å²) in [7, 11) is -0.764. The summed E-state index contributed by atoms with van der Waals surface area (Å²) in [5.41, 5.74) is 3.14. The standard InChI is InChI=1S/C24H33ClN2O5S/c1-14(2)19-13-20(15(3)11-23(19)32-7)16(4)26-24(28)17(5)27(33(8,29)30)21-12-18(25)9-10-22(21)31-6/h9-14,16-17H,1-8H3,(H,26,28)/t16-,17-/m0/s1. The number of carbonyl (C=O) groups is 1. The molecule has 2 rings (SSSR count). The summed E-state index contributed by atoms with van der Waals surface area (Å²) in [6, 6.07) is 7.22. The maximum absolute atomic E-state index is 13.2. The van der Waals surface area contributed by atoms with E-state index in [2.05, 4.69) is 19.2 Å². The fourth-order valence-electron chi connectivity index (χ4n) is 3.84. The lowest BCUT2D eigenvalue weighted by Gasteiger charge is -2.30. The van der Waals surface area contributed by atoms with Gasteiger partial charge in [-0.25, -0.2) is 8.42 Å². The number of nitrogens with one attached hydrogen (secondary N) is 1. The van der Waals surface area contributed by atoms with Crippen molar-refractivity contribution < 1.29 is 22.7 Å². The van der Waals surface area contributed by atoms with Crippen LogP contribution in [0.25, 0.3) is 0 Å². The number of rotatable bonds is 9. The van der Waals surface area contributed by atoms with Gasteiger partial charge in [0.2, 0.25) is 15.9 Å². The molecule has 33 heavy (non-hydrogen) atoms. The number of halogens is 1. The smallest absolute Gasteiger partial charge is 0.244 e. The Bertz CT molecular complexity index is 1120. The SMILES string of the molecule is COc1cc(C)c([C@H](C)NC(=O)[C@H](C)N(c2cc(Cl)ccc2OC)S(C)(=O)=O)cc1C(C)C. The van der Waals surface area contributed by atoms with E-state index < -0.39 is 22.0 Å². The second-order valence-corrected chi connectivity index (χ2v) is 10.7. The summed E-state index contributed by atoms with van der Waals surface area (Å²) in [6.07, 6.45) is 1.04. The Morgan fingerprint density at radius 3 is 2.12 bits per heavy atom. The Kier molecular flexibility index (Phi) is 8.65. The van der Waals surface area contributed by atoms with Crippen LogP contribution < -0.4 is 19.1 Å². The van der Waals surface area contributed by atoms with Crippen LogP contribution in [0.4, 0.5) is 5.69 Å². The second-order valence-electron chi connectivity index (χ2n) is 8.39. The zero-order valence-corrected chi connectivity index (χ0v) is 22.0. The maximum Gasteiger partial charge on any atom is 0.244 e. The third kappa shape index (κ3) is 6.12. The number of nitrogens with zero attached hydrogens (tertiary/aromatic N) is 1. The van der Waals surface area contributed by atoms with Crippen molar-refractivity contribution in [3.63, 3.8) is 0 Å². The van der Waals surface area contributed by atoms with Crippen LogP contribution >= 0.6 is 11.6 Å². The number of carbonyl (C=O) groups excluding carboxylic acids is 1. The highest BCUT2D eigenvalue weighted by atomic mass is 35.5. The van der Waals surface area contributed by atoms with Gasteiger partial charge in [0.25, 0.3) is 0 Å². The first-order valence-electron chi connectivity index (χ1n) is 10.6. The summed E-state index contributed by atoms with van der Waals surface area (Å²) >= 11 is 6.11. The minimum atomic E-state index is -3.83. The Balaban J connectivity index is 2.41. The van der Waals surface area contributed by atoms with Crippen molar-refractivity contribution in [3.05, 3.63) is 52.0 Å². The lowest BCUT2D eigenvalue weighted by atomic mass is 9.93. The zero-order chi connectivity index (χ0) is 25.1. The van der Waals surface area contributed by atoms with Gasteiger partial charge in [0.05, 0.1) is 32.2 Å². The molecule has 2 aromatic carbocycles. The predicted octanol–water partition coefficient (Wildman–Crippen LogP) is 4.82. The van der Waals surface area contributed by atoms with Crippen LogP contribution in [0.1, 0.15) is 56.3 Å². The van der Waals surface area contributed by atoms with Crippen molar-refractivity contribution >= 4 is 33.2 Å². The van der Waals surface area contributed by atoms with E-state index in [1.807, 2.05) is 26.0 Å². The molecule has 0 fully saturated rings. The van der Waals surface area contributed by atoms with Crippen LogP contribution in [-0.4, -0.2) is 40.8 Å². The number of aryl methyl sites for hydroxylation is 1. The van der Waals surface area contributed by atoms with E-state index in [0.717, 1.165) is 33.0 Å². The van der Waals surface area contributed by atoms with Crippen molar-refractivity contribution in [3.8, 4) is 11.5 Å². The van der Waals surface area contributed by atoms with Gasteiger partial charge in [0, 0.05) is 5.02 Å². The Morgan fingerprint density at radius 2 is 1.61 bits per heavy atom. The molecule has 0 aliphatic carbocycles. The average molecular weight is 497 g/mol. The fourth-order valence-corrected chi connectivity index (χ4v) is 5.17. The molecule has 9 heteroatoms. The minimum Gasteiger partial charge on any atom is -0.496 e. The topological polar surface area (TPSA) is 84.9 Å². The molecule has 0 bridgehead atoms. The van der Waals surface area contributed by atoms with Crippen LogP contribution in [0.2, 0.25) is 5.02 Å². The lowest BCUT2D eigenvalue weighted by molar-refractivity contribution is -0.122. The normalized spacial score (nSPS) is 13.4. The molecule has 0 aliphatic rings. The van der Waals surface area contributed by atoms with Crippen LogP contribution in [0.5, 0.6) is 11.5 Å². The van der Waals surface area contributed by atoms with Crippen molar-refractivity contribution in [1.82, 2.24) is 5.32 Å². The number of methoxy groups -OCH3 is 2. The number of amides is 1. The van der Waals surface area contributed by atoms with Gasteiger partial charge in [-0.1, -0.05) is 25.4 Å². The van der Waals surface area contributed by atoms with Gasteiger partial charge in [-0.05, 0) is 73.7 Å². The van der Waals surface area contributed by atoms with Gasteiger partial charge < -0.3 is 14.8 Å². The highest BCUT2D eigenvalue weighted by molar-refractivity contribution is 7.92. The fraction of sp³-hybridized carbons (Fsp3) is 0.458. The first-order valence-corrected chi connectivity index (χ1v) is 12.9. The van der Waals surface area contributed by atoms with Crippen molar-refractivity contribution in [2.75, 3.05) is 24.8 Å². The summed E-state index contributed by atoms with van der Waals surface area (Å²) in [6.45, 7) is 9.50. The van der Waals surface area contributed by atoms with Gasteiger partial charge >= 0.3 is 0 Å². The quantitative estimate of drug-likeness (QED) is 0.538. The first kappa shape index (κ1) is 26.8. The van der Waals surface area contributed by atoms with Crippen LogP contribution in [0.15, 0.2) is 30.3 Å². The average Bonchev–Trinajstić information content (AvgIpc) is 2.72. The van der Waals surface area contributed by atoms with Crippen molar-refractivity contribution in [2.24, 2.45) is 0 Å². The molecule has 0 unspecified atom stereocenters. The molecule has 0 aliphatic heterocycles. The predicted molar refractivity (Wildman–Crippen MR) is 133 cm³/mol. The van der Waals surface area contributed by atoms with E-state index in [1.165, 1.54) is 20.1 Å². The third-order valence-electron chi connectivity index (χ3n) is 5.53. The number of hydrogen-bond acceptors (Lipinski definition) is 5. The summed E-state index contributed by atoms with van der Waals surface area (Å²) in [4.78, 5) is 13.2. The molecule has 182 valence electrons. The van der Waals surface area contributed by atoms with Gasteiger partial charge in [-0.2, -0.15) is 0 Å². The van der Waals surface area contributed by atoms with E-state index >= 15 is 0 Å². The molecule has 0 saturated heterocycles. The van der Waals surface area contributed by atoms with E-state index in [4.69, 9.17) is 21.1 Å². The highest BCUT2D eigenvalue weighted by Gasteiger charge is 2.32. The summed E-state index contributed by atoms with van der Waals surface area (Å²) in [5.74, 6) is 0.882.